The van der Waals surface area contributed by atoms with Crippen LogP contribution in [0.25, 0.3) is 0 Å². The van der Waals surface area contributed by atoms with Gasteiger partial charge in [-0.05, 0) is 30.9 Å². The van der Waals surface area contributed by atoms with Crippen LogP contribution in [0.4, 0.5) is 17.1 Å². The summed E-state index contributed by atoms with van der Waals surface area (Å²) in [5.74, 6) is -0.300. The number of aromatic hydroxyl groups is 1. The van der Waals surface area contributed by atoms with Gasteiger partial charge in [-0.3, -0.25) is 20.2 Å². The Morgan fingerprint density at radius 1 is 1.15 bits per heavy atom. The van der Waals surface area contributed by atoms with Gasteiger partial charge in [0.1, 0.15) is 5.75 Å². The number of nitro benzene ring substituents is 2. The van der Waals surface area contributed by atoms with Crippen molar-refractivity contribution in [2.24, 2.45) is 5.92 Å². The van der Waals surface area contributed by atoms with Gasteiger partial charge >= 0.3 is 0 Å². The molecule has 0 saturated carbocycles. The molecule has 0 aromatic heterocycles. The topological polar surface area (TPSA) is 119 Å². The second-order valence-corrected chi connectivity index (χ2v) is 6.92. The number of allylic oxidation sites excluding steroid dienone is 2. The van der Waals surface area contributed by atoms with Crippen molar-refractivity contribution in [1.29, 1.82) is 0 Å². The molecule has 138 valence electrons. The molecule has 0 fully saturated rings. The third-order valence-electron chi connectivity index (χ3n) is 5.46. The molecule has 3 atom stereocenters. The first kappa shape index (κ1) is 17.0. The van der Waals surface area contributed by atoms with Gasteiger partial charge in [-0.25, -0.2) is 0 Å². The first-order chi connectivity index (χ1) is 12.9. The third-order valence-corrected chi connectivity index (χ3v) is 5.46. The van der Waals surface area contributed by atoms with Crippen molar-refractivity contribution in [1.82, 2.24) is 0 Å². The molecule has 0 bridgehead atoms. The lowest BCUT2D eigenvalue weighted by atomic mass is 9.75. The summed E-state index contributed by atoms with van der Waals surface area (Å²) in [6.45, 7) is 1.86. The minimum absolute atomic E-state index is 0.0321. The first-order valence-corrected chi connectivity index (χ1v) is 8.57. The highest BCUT2D eigenvalue weighted by atomic mass is 16.6. The van der Waals surface area contributed by atoms with E-state index in [9.17, 15) is 25.3 Å². The van der Waals surface area contributed by atoms with Crippen LogP contribution in [-0.4, -0.2) is 15.0 Å². The van der Waals surface area contributed by atoms with Crippen LogP contribution < -0.4 is 5.32 Å². The summed E-state index contributed by atoms with van der Waals surface area (Å²) in [6.07, 6.45) is 4.59. The number of aryl methyl sites for hydroxylation is 1. The summed E-state index contributed by atoms with van der Waals surface area (Å²) in [4.78, 5) is 21.8. The van der Waals surface area contributed by atoms with E-state index in [1.165, 1.54) is 24.3 Å². The molecule has 4 rings (SSSR count). The van der Waals surface area contributed by atoms with E-state index in [0.29, 0.717) is 23.2 Å². The van der Waals surface area contributed by atoms with E-state index in [-0.39, 0.29) is 33.9 Å². The number of nitrogens with zero attached hydrogens (tertiary/aromatic N) is 2. The molecule has 1 heterocycles. The van der Waals surface area contributed by atoms with Gasteiger partial charge < -0.3 is 10.4 Å². The van der Waals surface area contributed by atoms with E-state index in [4.69, 9.17) is 0 Å². The SMILES string of the molecule is Cc1ccc([N+](=O)[O-])c2c1NC(c1cc([N+](=O)[O-])ccc1O)C1CC=CC21. The molecule has 0 radical (unpaired) electrons. The number of rotatable bonds is 3. The van der Waals surface area contributed by atoms with E-state index >= 15 is 0 Å². The molecule has 27 heavy (non-hydrogen) atoms. The van der Waals surface area contributed by atoms with Crippen molar-refractivity contribution in [2.45, 2.75) is 25.3 Å². The van der Waals surface area contributed by atoms with Crippen molar-refractivity contribution in [3.63, 3.8) is 0 Å². The van der Waals surface area contributed by atoms with E-state index in [1.54, 1.807) is 6.07 Å². The number of phenolic OH excluding ortho intramolecular Hbond substituents is 1. The fourth-order valence-corrected chi connectivity index (χ4v) is 4.21. The lowest BCUT2D eigenvalue weighted by Crippen LogP contribution is -2.30. The van der Waals surface area contributed by atoms with Crippen LogP contribution >= 0.6 is 0 Å². The predicted molar refractivity (Wildman–Crippen MR) is 98.9 cm³/mol. The van der Waals surface area contributed by atoms with Crippen LogP contribution in [0, 0.1) is 33.1 Å². The lowest BCUT2D eigenvalue weighted by molar-refractivity contribution is -0.385. The van der Waals surface area contributed by atoms with Gasteiger partial charge in [0.05, 0.1) is 21.5 Å². The molecular weight excluding hydrogens is 350 g/mol. The summed E-state index contributed by atoms with van der Waals surface area (Å²) in [7, 11) is 0. The first-order valence-electron chi connectivity index (χ1n) is 8.57. The van der Waals surface area contributed by atoms with E-state index in [0.717, 1.165) is 5.56 Å². The molecule has 1 aliphatic heterocycles. The van der Waals surface area contributed by atoms with Crippen molar-refractivity contribution in [3.8, 4) is 5.75 Å². The van der Waals surface area contributed by atoms with Gasteiger partial charge in [0.15, 0.2) is 0 Å². The minimum atomic E-state index is -0.500. The second kappa shape index (κ2) is 6.08. The van der Waals surface area contributed by atoms with Crippen molar-refractivity contribution in [2.75, 3.05) is 5.32 Å². The maximum absolute atomic E-state index is 11.5. The Balaban J connectivity index is 1.89. The van der Waals surface area contributed by atoms with Crippen LogP contribution in [0.2, 0.25) is 0 Å². The molecule has 1 aliphatic carbocycles. The summed E-state index contributed by atoms with van der Waals surface area (Å²) in [5, 5.41) is 36.4. The van der Waals surface area contributed by atoms with Gasteiger partial charge in [0, 0.05) is 35.4 Å². The molecule has 2 aliphatic rings. The van der Waals surface area contributed by atoms with Gasteiger partial charge in [0.25, 0.3) is 11.4 Å². The number of benzene rings is 2. The number of fused-ring (bicyclic) bond motifs is 3. The monoisotopic (exact) mass is 367 g/mol. The number of hydrogen-bond donors (Lipinski definition) is 2. The number of phenols is 1. The van der Waals surface area contributed by atoms with Gasteiger partial charge in [-0.1, -0.05) is 18.2 Å². The molecule has 8 nitrogen and oxygen atoms in total. The zero-order valence-corrected chi connectivity index (χ0v) is 14.5. The maximum atomic E-state index is 11.5. The van der Waals surface area contributed by atoms with Crippen molar-refractivity contribution < 1.29 is 15.0 Å². The standard InChI is InChI=1S/C19H17N3O5/c1-10-5-7-15(22(26)27)17-12-3-2-4-13(12)19(20-18(10)17)14-9-11(21(24)25)6-8-16(14)23/h2-3,5-9,12-13,19-20,23H,4H2,1H3. The van der Waals surface area contributed by atoms with Crippen molar-refractivity contribution in [3.05, 3.63) is 79.4 Å². The zero-order valence-electron chi connectivity index (χ0n) is 14.5. The Kier molecular flexibility index (Phi) is 3.83. The molecular formula is C19H17N3O5. The predicted octanol–water partition coefficient (Wildman–Crippen LogP) is 4.34. The Morgan fingerprint density at radius 3 is 2.63 bits per heavy atom. The van der Waals surface area contributed by atoms with E-state index < -0.39 is 11.0 Å². The molecule has 2 aromatic carbocycles. The maximum Gasteiger partial charge on any atom is 0.275 e. The average Bonchev–Trinajstić information content (AvgIpc) is 3.11. The number of nitrogens with one attached hydrogen (secondary N) is 1. The molecule has 8 heteroatoms. The summed E-state index contributed by atoms with van der Waals surface area (Å²) in [5.41, 5.74) is 2.54. The third kappa shape index (κ3) is 2.61. The van der Waals surface area contributed by atoms with Gasteiger partial charge in [-0.2, -0.15) is 0 Å². The molecule has 2 aromatic rings. The van der Waals surface area contributed by atoms with Crippen LogP contribution in [0.3, 0.4) is 0 Å². The number of non-ortho nitro benzene ring substituents is 1. The Hall–Kier alpha value is -3.42. The highest BCUT2D eigenvalue weighted by Gasteiger charge is 2.43. The van der Waals surface area contributed by atoms with Crippen LogP contribution in [0.15, 0.2) is 42.5 Å². The molecule has 0 spiro atoms. The average molecular weight is 367 g/mol. The summed E-state index contributed by atoms with van der Waals surface area (Å²) >= 11 is 0. The van der Waals surface area contributed by atoms with Gasteiger partial charge in [-0.15, -0.1) is 0 Å². The molecule has 0 amide bonds. The smallest absolute Gasteiger partial charge is 0.275 e. The molecule has 2 N–H and O–H groups in total. The fourth-order valence-electron chi connectivity index (χ4n) is 4.21. The second-order valence-electron chi connectivity index (χ2n) is 6.92. The minimum Gasteiger partial charge on any atom is -0.508 e. The molecule has 0 saturated heterocycles. The fraction of sp³-hybridized carbons (Fsp3) is 0.263. The number of nitro groups is 2. The highest BCUT2D eigenvalue weighted by Crippen LogP contribution is 2.54. The highest BCUT2D eigenvalue weighted by molar-refractivity contribution is 5.71. The van der Waals surface area contributed by atoms with E-state index in [2.05, 4.69) is 5.32 Å². The largest absolute Gasteiger partial charge is 0.508 e. The van der Waals surface area contributed by atoms with Crippen molar-refractivity contribution >= 4 is 17.1 Å². The quantitative estimate of drug-likeness (QED) is 0.473. The van der Waals surface area contributed by atoms with Crippen LogP contribution in [0.5, 0.6) is 5.75 Å². The molecule has 3 unspecified atom stereocenters. The lowest BCUT2D eigenvalue weighted by Gasteiger charge is -2.38. The summed E-state index contributed by atoms with van der Waals surface area (Å²) < 4.78 is 0. The normalized spacial score (nSPS) is 22.6. The van der Waals surface area contributed by atoms with Crippen LogP contribution in [-0.2, 0) is 0 Å². The Bertz CT molecular complexity index is 1000. The number of anilines is 1. The summed E-state index contributed by atoms with van der Waals surface area (Å²) in [6, 6.07) is 6.77. The van der Waals surface area contributed by atoms with Crippen LogP contribution in [0.1, 0.15) is 35.1 Å². The van der Waals surface area contributed by atoms with E-state index in [1.807, 2.05) is 19.1 Å². The number of hydrogen-bond acceptors (Lipinski definition) is 6. The zero-order chi connectivity index (χ0) is 19.3. The Labute approximate surface area is 154 Å². The Morgan fingerprint density at radius 2 is 1.93 bits per heavy atom. The van der Waals surface area contributed by atoms with Gasteiger partial charge in [0.2, 0.25) is 0 Å².